The van der Waals surface area contributed by atoms with E-state index in [1.807, 2.05) is 6.07 Å². The molecule has 0 amide bonds. The minimum atomic E-state index is -3.57. The van der Waals surface area contributed by atoms with Crippen molar-refractivity contribution < 1.29 is 12.9 Å². The first-order valence-corrected chi connectivity index (χ1v) is 10.9. The molecule has 9 heteroatoms. The van der Waals surface area contributed by atoms with Crippen LogP contribution in [0.4, 0.5) is 0 Å². The second-order valence-electron chi connectivity index (χ2n) is 7.43. The molecule has 1 aromatic heterocycles. The molecule has 4 aliphatic rings. The molecule has 0 aliphatic carbocycles. The SMILES string of the molecule is O=S(=O)(c1ccccc1)N1CCC[C@@H]1c1nc(C2CN3CCN2CC3)no1. The van der Waals surface area contributed by atoms with Crippen molar-refractivity contribution in [2.24, 2.45) is 0 Å². The van der Waals surface area contributed by atoms with Crippen molar-refractivity contribution in [2.75, 3.05) is 39.3 Å². The lowest BCUT2D eigenvalue weighted by Gasteiger charge is -2.46. The fourth-order valence-corrected chi connectivity index (χ4v) is 6.05. The summed E-state index contributed by atoms with van der Waals surface area (Å²) in [5, 5.41) is 4.22. The van der Waals surface area contributed by atoms with Crippen LogP contribution in [0.1, 0.15) is 36.6 Å². The summed E-state index contributed by atoms with van der Waals surface area (Å²) in [5.41, 5.74) is 0. The van der Waals surface area contributed by atoms with Crippen LogP contribution in [0.5, 0.6) is 0 Å². The molecule has 144 valence electrons. The maximum atomic E-state index is 13.1. The molecule has 2 atom stereocenters. The number of sulfonamides is 1. The Balaban J connectivity index is 1.41. The quantitative estimate of drug-likeness (QED) is 0.779. The van der Waals surface area contributed by atoms with E-state index in [0.29, 0.717) is 29.6 Å². The van der Waals surface area contributed by atoms with Gasteiger partial charge in [0.1, 0.15) is 6.04 Å². The van der Waals surface area contributed by atoms with Crippen molar-refractivity contribution in [3.05, 3.63) is 42.0 Å². The normalized spacial score (nSPS) is 31.4. The van der Waals surface area contributed by atoms with Crippen LogP contribution in [0.15, 0.2) is 39.8 Å². The molecule has 1 unspecified atom stereocenters. The third-order valence-electron chi connectivity index (χ3n) is 5.87. The van der Waals surface area contributed by atoms with Crippen LogP contribution < -0.4 is 0 Å². The van der Waals surface area contributed by atoms with E-state index in [4.69, 9.17) is 4.52 Å². The molecule has 0 N–H and O–H groups in total. The van der Waals surface area contributed by atoms with E-state index in [2.05, 4.69) is 19.9 Å². The Morgan fingerprint density at radius 1 is 1.00 bits per heavy atom. The van der Waals surface area contributed by atoms with Crippen molar-refractivity contribution in [1.82, 2.24) is 24.2 Å². The lowest BCUT2D eigenvalue weighted by molar-refractivity contribution is 0.00781. The van der Waals surface area contributed by atoms with Crippen molar-refractivity contribution in [3.8, 4) is 0 Å². The fraction of sp³-hybridized carbons (Fsp3) is 0.556. The van der Waals surface area contributed by atoms with Gasteiger partial charge in [-0.15, -0.1) is 0 Å². The van der Waals surface area contributed by atoms with Crippen LogP contribution in [0.2, 0.25) is 0 Å². The molecule has 4 fully saturated rings. The summed E-state index contributed by atoms with van der Waals surface area (Å²) < 4.78 is 33.2. The van der Waals surface area contributed by atoms with Crippen molar-refractivity contribution in [2.45, 2.75) is 29.8 Å². The van der Waals surface area contributed by atoms with Crippen LogP contribution >= 0.6 is 0 Å². The number of fused-ring (bicyclic) bond motifs is 3. The molecule has 1 aromatic carbocycles. The largest absolute Gasteiger partial charge is 0.337 e. The standard InChI is InChI=1S/C18H23N5O3S/c24-27(25,14-5-2-1-3-6-14)23-8-4-7-15(23)18-19-17(20-26-18)16-13-21-9-11-22(16)12-10-21/h1-3,5-6,15-16H,4,7-13H2/t15-,16?/m1/s1. The van der Waals surface area contributed by atoms with Gasteiger partial charge in [0.25, 0.3) is 0 Å². The molecular weight excluding hydrogens is 366 g/mol. The van der Waals surface area contributed by atoms with Gasteiger partial charge >= 0.3 is 0 Å². The summed E-state index contributed by atoms with van der Waals surface area (Å²) in [6.07, 6.45) is 1.49. The van der Waals surface area contributed by atoms with Crippen molar-refractivity contribution in [1.29, 1.82) is 0 Å². The highest BCUT2D eigenvalue weighted by Crippen LogP contribution is 2.36. The highest BCUT2D eigenvalue weighted by atomic mass is 32.2. The highest BCUT2D eigenvalue weighted by molar-refractivity contribution is 7.89. The van der Waals surface area contributed by atoms with E-state index < -0.39 is 10.0 Å². The topological polar surface area (TPSA) is 82.8 Å². The Kier molecular flexibility index (Phi) is 4.27. The first-order valence-electron chi connectivity index (χ1n) is 9.50. The average Bonchev–Trinajstić information content (AvgIpc) is 3.39. The van der Waals surface area contributed by atoms with Gasteiger partial charge in [-0.25, -0.2) is 8.42 Å². The van der Waals surface area contributed by atoms with Gasteiger partial charge < -0.3 is 4.52 Å². The molecule has 4 aliphatic heterocycles. The molecule has 2 bridgehead atoms. The molecule has 0 saturated carbocycles. The first-order chi connectivity index (χ1) is 13.1. The number of aromatic nitrogens is 2. The lowest BCUT2D eigenvalue weighted by atomic mass is 10.1. The zero-order valence-electron chi connectivity index (χ0n) is 15.1. The van der Waals surface area contributed by atoms with E-state index in [9.17, 15) is 8.42 Å². The maximum absolute atomic E-state index is 13.1. The summed E-state index contributed by atoms with van der Waals surface area (Å²) in [6, 6.07) is 8.32. The van der Waals surface area contributed by atoms with E-state index in [-0.39, 0.29) is 12.1 Å². The van der Waals surface area contributed by atoms with E-state index in [0.717, 1.165) is 39.1 Å². The lowest BCUT2D eigenvalue weighted by Crippen LogP contribution is -2.57. The Labute approximate surface area is 158 Å². The van der Waals surface area contributed by atoms with Gasteiger partial charge in [0.05, 0.1) is 10.9 Å². The Morgan fingerprint density at radius 3 is 2.48 bits per heavy atom. The average molecular weight is 389 g/mol. The summed E-state index contributed by atoms with van der Waals surface area (Å²) in [5.74, 6) is 1.10. The van der Waals surface area contributed by atoms with Crippen LogP contribution in [-0.4, -0.2) is 71.9 Å². The summed E-state index contributed by atoms with van der Waals surface area (Å²) >= 11 is 0. The number of nitrogens with zero attached hydrogens (tertiary/aromatic N) is 5. The highest BCUT2D eigenvalue weighted by Gasteiger charge is 2.41. The predicted molar refractivity (Wildman–Crippen MR) is 97.4 cm³/mol. The summed E-state index contributed by atoms with van der Waals surface area (Å²) in [7, 11) is -3.57. The number of hydrogen-bond acceptors (Lipinski definition) is 7. The first kappa shape index (κ1) is 17.3. The second-order valence-corrected chi connectivity index (χ2v) is 9.32. The Bertz CT molecular complexity index is 908. The van der Waals surface area contributed by atoms with Crippen LogP contribution in [0.3, 0.4) is 0 Å². The Hall–Kier alpha value is -1.81. The van der Waals surface area contributed by atoms with Gasteiger partial charge in [0.15, 0.2) is 5.82 Å². The van der Waals surface area contributed by atoms with Crippen molar-refractivity contribution in [3.63, 3.8) is 0 Å². The van der Waals surface area contributed by atoms with Crippen LogP contribution in [-0.2, 0) is 10.0 Å². The van der Waals surface area contributed by atoms with Crippen LogP contribution in [0, 0.1) is 0 Å². The smallest absolute Gasteiger partial charge is 0.245 e. The summed E-state index contributed by atoms with van der Waals surface area (Å²) in [6.45, 7) is 5.61. The Morgan fingerprint density at radius 2 is 1.78 bits per heavy atom. The molecule has 4 saturated heterocycles. The molecule has 5 heterocycles. The zero-order valence-corrected chi connectivity index (χ0v) is 15.9. The third kappa shape index (κ3) is 2.98. The van der Waals surface area contributed by atoms with Gasteiger partial charge in [-0.05, 0) is 25.0 Å². The predicted octanol–water partition coefficient (Wildman–Crippen LogP) is 1.27. The maximum Gasteiger partial charge on any atom is 0.245 e. The molecule has 2 aromatic rings. The van der Waals surface area contributed by atoms with Gasteiger partial charge in [0.2, 0.25) is 15.9 Å². The van der Waals surface area contributed by atoms with E-state index >= 15 is 0 Å². The molecule has 0 radical (unpaired) electrons. The van der Waals surface area contributed by atoms with E-state index in [1.54, 1.807) is 24.3 Å². The number of piperazine rings is 3. The zero-order chi connectivity index (χ0) is 18.4. The van der Waals surface area contributed by atoms with Gasteiger partial charge in [0, 0.05) is 39.3 Å². The van der Waals surface area contributed by atoms with Crippen molar-refractivity contribution >= 4 is 10.0 Å². The van der Waals surface area contributed by atoms with Gasteiger partial charge in [-0.2, -0.15) is 9.29 Å². The number of hydrogen-bond donors (Lipinski definition) is 0. The van der Waals surface area contributed by atoms with Gasteiger partial charge in [-0.3, -0.25) is 9.80 Å². The van der Waals surface area contributed by atoms with E-state index in [1.165, 1.54) is 4.31 Å². The third-order valence-corrected chi connectivity index (χ3v) is 7.80. The molecular formula is C18H23N5O3S. The monoisotopic (exact) mass is 389 g/mol. The van der Waals surface area contributed by atoms with Gasteiger partial charge in [-0.1, -0.05) is 23.4 Å². The van der Waals surface area contributed by atoms with Crippen LogP contribution in [0.25, 0.3) is 0 Å². The molecule has 8 nitrogen and oxygen atoms in total. The minimum Gasteiger partial charge on any atom is -0.337 e. The fourth-order valence-electron chi connectivity index (χ4n) is 4.38. The molecule has 0 spiro atoms. The molecule has 27 heavy (non-hydrogen) atoms. The minimum absolute atomic E-state index is 0.144. The number of benzene rings is 1. The molecule has 6 rings (SSSR count). The second kappa shape index (κ2) is 6.66. The number of rotatable bonds is 4. The summed E-state index contributed by atoms with van der Waals surface area (Å²) in [4.78, 5) is 9.76.